The van der Waals surface area contributed by atoms with Gasteiger partial charge >= 0.3 is 5.97 Å². The van der Waals surface area contributed by atoms with Crippen molar-refractivity contribution in [1.29, 1.82) is 0 Å². The van der Waals surface area contributed by atoms with Crippen LogP contribution in [0.15, 0.2) is 71.9 Å². The van der Waals surface area contributed by atoms with Crippen LogP contribution in [0.4, 0.5) is 0 Å². The number of methoxy groups -OCH3 is 3. The molecule has 0 atom stereocenters. The van der Waals surface area contributed by atoms with Crippen molar-refractivity contribution in [3.8, 4) is 22.8 Å². The van der Waals surface area contributed by atoms with Crippen LogP contribution in [0, 0.1) is 6.92 Å². The molecule has 10 heteroatoms. The molecule has 0 saturated carbocycles. The van der Waals surface area contributed by atoms with Crippen LogP contribution in [-0.4, -0.2) is 49.2 Å². The second-order valence-electron chi connectivity index (χ2n) is 8.81. The first-order valence-corrected chi connectivity index (χ1v) is 13.3. The van der Waals surface area contributed by atoms with Crippen LogP contribution in [0.5, 0.6) is 11.5 Å². The van der Waals surface area contributed by atoms with Crippen molar-refractivity contribution < 1.29 is 27.4 Å². The average Bonchev–Trinajstić information content (AvgIpc) is 3.49. The molecule has 2 aromatic carbocycles. The predicted molar refractivity (Wildman–Crippen MR) is 144 cm³/mol. The van der Waals surface area contributed by atoms with Gasteiger partial charge in [0.2, 0.25) is 0 Å². The van der Waals surface area contributed by atoms with Gasteiger partial charge in [0.1, 0.15) is 0 Å². The Morgan fingerprint density at radius 1 is 0.974 bits per heavy atom. The zero-order valence-corrected chi connectivity index (χ0v) is 22.3. The van der Waals surface area contributed by atoms with Crippen molar-refractivity contribution in [1.82, 2.24) is 13.5 Å². The van der Waals surface area contributed by atoms with E-state index in [9.17, 15) is 13.2 Å². The number of pyridine rings is 1. The lowest BCUT2D eigenvalue weighted by molar-refractivity contribution is -0.140. The first-order valence-electron chi connectivity index (χ1n) is 11.9. The third-order valence-electron chi connectivity index (χ3n) is 6.53. The van der Waals surface area contributed by atoms with Crippen molar-refractivity contribution in [3.05, 3.63) is 72.6 Å². The molecule has 38 heavy (non-hydrogen) atoms. The van der Waals surface area contributed by atoms with E-state index in [0.29, 0.717) is 40.3 Å². The monoisotopic (exact) mass is 533 g/mol. The molecule has 5 aromatic rings. The van der Waals surface area contributed by atoms with E-state index in [0.717, 1.165) is 16.5 Å². The summed E-state index contributed by atoms with van der Waals surface area (Å²) in [6, 6.07) is 15.7. The molecule has 5 rings (SSSR count). The Hall–Kier alpha value is -4.31. The van der Waals surface area contributed by atoms with E-state index >= 15 is 0 Å². The van der Waals surface area contributed by atoms with E-state index in [1.54, 1.807) is 50.7 Å². The topological polar surface area (TPSA) is 102 Å². The highest BCUT2D eigenvalue weighted by Crippen LogP contribution is 2.41. The summed E-state index contributed by atoms with van der Waals surface area (Å²) < 4.78 is 47.2. The summed E-state index contributed by atoms with van der Waals surface area (Å²) in [7, 11) is 0.411. The molecule has 0 saturated heterocycles. The van der Waals surface area contributed by atoms with E-state index < -0.39 is 10.0 Å². The maximum absolute atomic E-state index is 14.0. The number of aryl methyl sites for hydroxylation is 2. The summed E-state index contributed by atoms with van der Waals surface area (Å²) in [5, 5.41) is 1.41. The summed E-state index contributed by atoms with van der Waals surface area (Å²) in [5.74, 6) is 0.654. The van der Waals surface area contributed by atoms with E-state index in [2.05, 4.69) is 4.98 Å². The van der Waals surface area contributed by atoms with Crippen molar-refractivity contribution in [2.75, 3.05) is 21.3 Å². The number of ether oxygens (including phenoxy) is 3. The third-order valence-corrected chi connectivity index (χ3v) is 8.24. The highest BCUT2D eigenvalue weighted by atomic mass is 32.2. The number of hydrogen-bond acceptors (Lipinski definition) is 7. The van der Waals surface area contributed by atoms with Crippen LogP contribution in [0.25, 0.3) is 33.2 Å². The molecule has 3 heterocycles. The lowest BCUT2D eigenvalue weighted by Crippen LogP contribution is -2.14. The minimum Gasteiger partial charge on any atom is -0.493 e. The number of carbonyl (C=O) groups excluding carboxylic acids is 1. The standard InChI is InChI=1S/C28H27N3O6S/c1-18-7-9-20(10-8-18)38(33,34)31-24(14-19-6-5-12-29-28(19)31)22-17-30(13-11-27(32)37-4)23-16-26(36-3)25(35-2)15-21(22)23/h5-10,12,14-17H,11,13H2,1-4H3. The molecular weight excluding hydrogens is 506 g/mol. The number of aromatic nitrogens is 3. The average molecular weight is 534 g/mol. The first-order chi connectivity index (χ1) is 18.3. The van der Waals surface area contributed by atoms with Crippen molar-refractivity contribution in [2.45, 2.75) is 24.8 Å². The SMILES string of the molecule is COC(=O)CCn1cc(-c2cc3cccnc3n2S(=O)(=O)c2ccc(C)cc2)c2cc(OC)c(OC)cc21. The lowest BCUT2D eigenvalue weighted by Gasteiger charge is -2.12. The number of nitrogens with zero attached hydrogens (tertiary/aromatic N) is 3. The van der Waals surface area contributed by atoms with Crippen LogP contribution in [0.1, 0.15) is 12.0 Å². The molecule has 0 aliphatic carbocycles. The van der Waals surface area contributed by atoms with Gasteiger partial charge in [-0.05, 0) is 43.3 Å². The number of fused-ring (bicyclic) bond motifs is 2. The molecule has 0 fully saturated rings. The second kappa shape index (κ2) is 9.86. The summed E-state index contributed by atoms with van der Waals surface area (Å²) in [6.45, 7) is 2.22. The fraction of sp³-hybridized carbons (Fsp3) is 0.214. The van der Waals surface area contributed by atoms with Crippen LogP contribution >= 0.6 is 0 Å². The van der Waals surface area contributed by atoms with Gasteiger partial charge in [-0.15, -0.1) is 0 Å². The van der Waals surface area contributed by atoms with E-state index in [-0.39, 0.29) is 17.3 Å². The predicted octanol–water partition coefficient (Wildman–Crippen LogP) is 4.78. The molecule has 0 amide bonds. The van der Waals surface area contributed by atoms with Gasteiger partial charge in [0.25, 0.3) is 10.0 Å². The minimum atomic E-state index is -4.02. The largest absolute Gasteiger partial charge is 0.493 e. The normalized spacial score (nSPS) is 11.7. The molecule has 9 nitrogen and oxygen atoms in total. The van der Waals surface area contributed by atoms with Crippen molar-refractivity contribution in [2.24, 2.45) is 0 Å². The van der Waals surface area contributed by atoms with Gasteiger partial charge in [-0.1, -0.05) is 17.7 Å². The Bertz CT molecular complexity index is 1770. The number of rotatable bonds is 8. The zero-order chi connectivity index (χ0) is 27.0. The summed E-state index contributed by atoms with van der Waals surface area (Å²) in [4.78, 5) is 16.5. The van der Waals surface area contributed by atoms with Crippen molar-refractivity contribution in [3.63, 3.8) is 0 Å². The van der Waals surface area contributed by atoms with Gasteiger partial charge < -0.3 is 18.8 Å². The van der Waals surface area contributed by atoms with Crippen LogP contribution in [0.3, 0.4) is 0 Å². The summed E-state index contributed by atoms with van der Waals surface area (Å²) in [5.41, 5.74) is 3.10. The Morgan fingerprint density at radius 3 is 2.37 bits per heavy atom. The van der Waals surface area contributed by atoms with Gasteiger partial charge in [-0.2, -0.15) is 0 Å². The first kappa shape index (κ1) is 25.3. The summed E-state index contributed by atoms with van der Waals surface area (Å²) in [6.07, 6.45) is 3.54. The fourth-order valence-electron chi connectivity index (χ4n) is 4.58. The highest BCUT2D eigenvalue weighted by Gasteiger charge is 2.27. The molecule has 0 spiro atoms. The molecule has 0 radical (unpaired) electrons. The number of esters is 1. The van der Waals surface area contributed by atoms with Crippen molar-refractivity contribution >= 4 is 37.9 Å². The van der Waals surface area contributed by atoms with Gasteiger partial charge in [0, 0.05) is 41.3 Å². The summed E-state index contributed by atoms with van der Waals surface area (Å²) >= 11 is 0. The maximum Gasteiger partial charge on any atom is 0.307 e. The molecule has 0 N–H and O–H groups in total. The minimum absolute atomic E-state index is 0.139. The number of carbonyl (C=O) groups is 1. The highest BCUT2D eigenvalue weighted by molar-refractivity contribution is 7.90. The Labute approximate surface area is 220 Å². The maximum atomic E-state index is 14.0. The van der Waals surface area contributed by atoms with Gasteiger partial charge in [0.05, 0.1) is 43.9 Å². The molecule has 0 unspecified atom stereocenters. The van der Waals surface area contributed by atoms with E-state index in [4.69, 9.17) is 14.2 Å². The Morgan fingerprint density at radius 2 is 1.68 bits per heavy atom. The van der Waals surface area contributed by atoms with Crippen LogP contribution < -0.4 is 9.47 Å². The smallest absolute Gasteiger partial charge is 0.307 e. The van der Waals surface area contributed by atoms with E-state index in [1.165, 1.54) is 11.1 Å². The molecule has 0 bridgehead atoms. The molecular formula is C28H27N3O6S. The lowest BCUT2D eigenvalue weighted by atomic mass is 10.1. The van der Waals surface area contributed by atoms with Gasteiger partial charge in [-0.25, -0.2) is 17.4 Å². The quantitative estimate of drug-likeness (QED) is 0.265. The third kappa shape index (κ3) is 4.26. The number of benzene rings is 2. The zero-order valence-electron chi connectivity index (χ0n) is 21.5. The van der Waals surface area contributed by atoms with Crippen LogP contribution in [0.2, 0.25) is 0 Å². The Balaban J connectivity index is 1.81. The molecule has 3 aromatic heterocycles. The van der Waals surface area contributed by atoms with Crippen LogP contribution in [-0.2, 0) is 26.1 Å². The molecule has 0 aliphatic heterocycles. The second-order valence-corrected chi connectivity index (χ2v) is 10.6. The van der Waals surface area contributed by atoms with Gasteiger partial charge in [0.15, 0.2) is 17.1 Å². The van der Waals surface area contributed by atoms with Gasteiger partial charge in [-0.3, -0.25) is 4.79 Å². The fourth-order valence-corrected chi connectivity index (χ4v) is 6.06. The molecule has 0 aliphatic rings. The number of hydrogen-bond donors (Lipinski definition) is 0. The van der Waals surface area contributed by atoms with E-state index in [1.807, 2.05) is 42.0 Å². The molecule has 196 valence electrons. The Kier molecular flexibility index (Phi) is 6.58.